The second-order valence-electron chi connectivity index (χ2n) is 8.30. The lowest BCUT2D eigenvalue weighted by molar-refractivity contribution is -0.125. The molecule has 1 aliphatic carbocycles. The number of carbonyl (C=O) groups excluding carboxylic acids is 1. The topological polar surface area (TPSA) is 135 Å². The molecule has 2 aliphatic rings. The van der Waals surface area contributed by atoms with Gasteiger partial charge in [0.05, 0.1) is 11.0 Å². The van der Waals surface area contributed by atoms with Gasteiger partial charge in [0.2, 0.25) is 11.9 Å². The Kier molecular flexibility index (Phi) is 5.64. The minimum Gasteiger partial charge on any atom is -0.389 e. The highest BCUT2D eigenvalue weighted by atomic mass is 32.1. The van der Waals surface area contributed by atoms with E-state index in [2.05, 4.69) is 38.2 Å². The number of amides is 1. The Labute approximate surface area is 185 Å². The molecule has 3 heterocycles. The van der Waals surface area contributed by atoms with Gasteiger partial charge in [0.1, 0.15) is 16.8 Å². The summed E-state index contributed by atoms with van der Waals surface area (Å²) in [4.78, 5) is 27.5. The number of nitrogens with zero attached hydrogens (tertiary/aromatic N) is 5. The number of anilines is 2. The normalized spacial score (nSPS) is 21.3. The molecule has 31 heavy (non-hydrogen) atoms. The Bertz CT molecular complexity index is 1070. The molecule has 4 N–H and O–H groups in total. The minimum atomic E-state index is -0.910. The molecule has 10 heteroatoms. The number of thiophene rings is 1. The lowest BCUT2D eigenvalue weighted by Crippen LogP contribution is -2.47. The highest BCUT2D eigenvalue weighted by Crippen LogP contribution is 2.45. The fourth-order valence-corrected chi connectivity index (χ4v) is 5.48. The molecular formula is C21H26N8OS. The van der Waals surface area contributed by atoms with Gasteiger partial charge in [-0.3, -0.25) is 10.2 Å². The Morgan fingerprint density at radius 1 is 1.39 bits per heavy atom. The standard InChI is InChI=1S/C21H26N8OS/c1-21(6-3-4-15-16(21)13(12-22)18(24)31-15)19(30)27-17(23)14-5-7-25-20(26-14)29-10-8-28(2)9-11-29/h5,7H,3-4,6,8-11,24H2,1-2H3,(H2,23,27,30)/t21-/m0/s1. The van der Waals surface area contributed by atoms with E-state index in [9.17, 15) is 10.1 Å². The van der Waals surface area contributed by atoms with Crippen LogP contribution in [0.1, 0.15) is 41.5 Å². The van der Waals surface area contributed by atoms with E-state index in [1.165, 1.54) is 11.3 Å². The summed E-state index contributed by atoms with van der Waals surface area (Å²) < 4.78 is 0. The van der Waals surface area contributed by atoms with Crippen LogP contribution in [0.5, 0.6) is 0 Å². The molecule has 4 rings (SSSR count). The number of nitriles is 1. The smallest absolute Gasteiger partial charge is 0.236 e. The first-order chi connectivity index (χ1) is 14.8. The summed E-state index contributed by atoms with van der Waals surface area (Å²) in [5.41, 5.74) is 6.60. The van der Waals surface area contributed by atoms with Crippen LogP contribution in [0.3, 0.4) is 0 Å². The van der Waals surface area contributed by atoms with Gasteiger partial charge >= 0.3 is 0 Å². The molecule has 0 unspecified atom stereocenters. The van der Waals surface area contributed by atoms with Crippen molar-refractivity contribution in [1.29, 1.82) is 10.7 Å². The molecule has 2 aromatic rings. The number of likely N-dealkylation sites (N-methyl/N-ethyl adjacent to an activating group) is 1. The molecule has 0 spiro atoms. The number of nitrogens with two attached hydrogens (primary N) is 1. The van der Waals surface area contributed by atoms with Gasteiger partial charge in [-0.05, 0) is 39.3 Å². The summed E-state index contributed by atoms with van der Waals surface area (Å²) in [5, 5.41) is 21.2. The molecule has 0 bridgehead atoms. The molecule has 0 saturated carbocycles. The SMILES string of the molecule is CN1CCN(c2nccc(C(=N)NC(=O)[C@@]3(C)CCCc4sc(N)c(C#N)c43)n2)CC1. The van der Waals surface area contributed by atoms with Crippen LogP contribution < -0.4 is 16.0 Å². The molecule has 1 aliphatic heterocycles. The van der Waals surface area contributed by atoms with Crippen molar-refractivity contribution < 1.29 is 4.79 Å². The highest BCUT2D eigenvalue weighted by molar-refractivity contribution is 7.16. The largest absolute Gasteiger partial charge is 0.389 e. The third kappa shape index (κ3) is 3.86. The van der Waals surface area contributed by atoms with Crippen molar-refractivity contribution in [1.82, 2.24) is 20.2 Å². The van der Waals surface area contributed by atoms with Crippen molar-refractivity contribution in [3.63, 3.8) is 0 Å². The van der Waals surface area contributed by atoms with Crippen molar-refractivity contribution in [3.8, 4) is 6.07 Å². The molecule has 1 fully saturated rings. The Hall–Kier alpha value is -3.03. The van der Waals surface area contributed by atoms with E-state index in [1.807, 2.05) is 6.92 Å². The highest BCUT2D eigenvalue weighted by Gasteiger charge is 2.43. The fraction of sp³-hybridized carbons (Fsp3) is 0.476. The number of rotatable bonds is 3. The molecule has 1 amide bonds. The number of piperazine rings is 1. The number of aromatic nitrogens is 2. The van der Waals surface area contributed by atoms with Crippen molar-refractivity contribution in [2.45, 2.75) is 31.6 Å². The number of fused-ring (bicyclic) bond motifs is 1. The Balaban J connectivity index is 1.55. The Morgan fingerprint density at radius 2 is 2.13 bits per heavy atom. The molecule has 1 saturated heterocycles. The van der Waals surface area contributed by atoms with E-state index in [1.54, 1.807) is 12.3 Å². The van der Waals surface area contributed by atoms with E-state index < -0.39 is 5.41 Å². The first-order valence-electron chi connectivity index (χ1n) is 10.3. The zero-order valence-corrected chi connectivity index (χ0v) is 18.6. The van der Waals surface area contributed by atoms with Crippen molar-refractivity contribution in [3.05, 3.63) is 34.0 Å². The lowest BCUT2D eigenvalue weighted by atomic mass is 9.72. The van der Waals surface area contributed by atoms with E-state index in [-0.39, 0.29) is 11.7 Å². The van der Waals surface area contributed by atoms with E-state index in [0.717, 1.165) is 49.5 Å². The van der Waals surface area contributed by atoms with Gasteiger partial charge in [-0.1, -0.05) is 0 Å². The van der Waals surface area contributed by atoms with Crippen LogP contribution in [0.2, 0.25) is 0 Å². The Morgan fingerprint density at radius 3 is 2.84 bits per heavy atom. The van der Waals surface area contributed by atoms with Gasteiger partial charge < -0.3 is 20.9 Å². The van der Waals surface area contributed by atoms with Crippen molar-refractivity contribution in [2.75, 3.05) is 43.9 Å². The molecule has 2 aromatic heterocycles. The third-order valence-electron chi connectivity index (χ3n) is 6.18. The van der Waals surface area contributed by atoms with Crippen LogP contribution in [0.25, 0.3) is 0 Å². The fourth-order valence-electron chi connectivity index (χ4n) is 4.28. The number of hydrogen-bond donors (Lipinski definition) is 3. The monoisotopic (exact) mass is 438 g/mol. The van der Waals surface area contributed by atoms with Crippen LogP contribution in [0.15, 0.2) is 12.3 Å². The maximum Gasteiger partial charge on any atom is 0.236 e. The summed E-state index contributed by atoms with van der Waals surface area (Å²) in [5.74, 6) is 0.179. The lowest BCUT2D eigenvalue weighted by Gasteiger charge is -2.33. The quantitative estimate of drug-likeness (QED) is 0.488. The molecule has 162 valence electrons. The number of amidine groups is 1. The number of aryl methyl sites for hydroxylation is 1. The molecular weight excluding hydrogens is 412 g/mol. The number of hydrogen-bond acceptors (Lipinski definition) is 9. The second-order valence-corrected chi connectivity index (χ2v) is 9.44. The number of nitrogens with one attached hydrogen (secondary N) is 2. The summed E-state index contributed by atoms with van der Waals surface area (Å²) in [6.07, 6.45) is 3.85. The maximum absolute atomic E-state index is 13.3. The molecule has 0 radical (unpaired) electrons. The second kappa shape index (κ2) is 8.24. The van der Waals surface area contributed by atoms with Gasteiger partial charge in [-0.15, -0.1) is 11.3 Å². The number of carbonyl (C=O) groups is 1. The average Bonchev–Trinajstić information content (AvgIpc) is 3.10. The zero-order chi connectivity index (χ0) is 22.2. The number of nitrogen functional groups attached to an aromatic ring is 1. The van der Waals surface area contributed by atoms with Gasteiger partial charge in [-0.2, -0.15) is 5.26 Å². The van der Waals surface area contributed by atoms with Gasteiger partial charge in [0, 0.05) is 42.8 Å². The predicted molar refractivity (Wildman–Crippen MR) is 120 cm³/mol. The van der Waals surface area contributed by atoms with Gasteiger partial charge in [0.15, 0.2) is 5.84 Å². The van der Waals surface area contributed by atoms with E-state index in [0.29, 0.717) is 28.6 Å². The predicted octanol–water partition coefficient (Wildman–Crippen LogP) is 1.48. The van der Waals surface area contributed by atoms with Gasteiger partial charge in [0.25, 0.3) is 0 Å². The summed E-state index contributed by atoms with van der Waals surface area (Å²) in [7, 11) is 2.08. The molecule has 0 aromatic carbocycles. The zero-order valence-electron chi connectivity index (χ0n) is 17.7. The summed E-state index contributed by atoms with van der Waals surface area (Å²) in [6.45, 7) is 5.31. The average molecular weight is 439 g/mol. The minimum absolute atomic E-state index is 0.0714. The van der Waals surface area contributed by atoms with Crippen LogP contribution in [0, 0.1) is 16.7 Å². The van der Waals surface area contributed by atoms with E-state index >= 15 is 0 Å². The summed E-state index contributed by atoms with van der Waals surface area (Å²) in [6, 6.07) is 3.79. The van der Waals surface area contributed by atoms with Gasteiger partial charge in [-0.25, -0.2) is 9.97 Å². The third-order valence-corrected chi connectivity index (χ3v) is 7.26. The molecule has 9 nitrogen and oxygen atoms in total. The first-order valence-corrected chi connectivity index (χ1v) is 11.1. The van der Waals surface area contributed by atoms with Crippen LogP contribution in [-0.4, -0.2) is 59.8 Å². The maximum atomic E-state index is 13.3. The van der Waals surface area contributed by atoms with Crippen LogP contribution in [0.4, 0.5) is 10.9 Å². The van der Waals surface area contributed by atoms with Crippen LogP contribution in [-0.2, 0) is 16.6 Å². The summed E-state index contributed by atoms with van der Waals surface area (Å²) >= 11 is 1.39. The first kappa shape index (κ1) is 21.2. The van der Waals surface area contributed by atoms with E-state index in [4.69, 9.17) is 11.1 Å². The van der Waals surface area contributed by atoms with Crippen molar-refractivity contribution >= 4 is 34.0 Å². The molecule has 1 atom stereocenters. The van der Waals surface area contributed by atoms with Crippen molar-refractivity contribution in [2.24, 2.45) is 0 Å². The van der Waals surface area contributed by atoms with Crippen LogP contribution >= 0.6 is 11.3 Å².